The highest BCUT2D eigenvalue weighted by Crippen LogP contribution is 2.38. The number of benzene rings is 2. The average molecular weight is 590 g/mol. The number of anilines is 1. The van der Waals surface area contributed by atoms with Crippen molar-refractivity contribution in [2.24, 2.45) is 0 Å². The van der Waals surface area contributed by atoms with Crippen molar-refractivity contribution in [2.75, 3.05) is 44.0 Å². The molecule has 1 aliphatic carbocycles. The number of rotatable bonds is 12. The van der Waals surface area contributed by atoms with Gasteiger partial charge in [0.05, 0.1) is 29.5 Å². The van der Waals surface area contributed by atoms with Crippen LogP contribution in [0.4, 0.5) is 5.69 Å². The number of carbonyl (C=O) groups excluding carboxylic acids is 2. The highest BCUT2D eigenvalue weighted by atomic mass is 32.2. The fraction of sp³-hybridized carbons (Fsp3) is 0.517. The van der Waals surface area contributed by atoms with Crippen LogP contribution in [0.5, 0.6) is 11.5 Å². The van der Waals surface area contributed by atoms with E-state index in [0.717, 1.165) is 42.6 Å². The van der Waals surface area contributed by atoms with Crippen molar-refractivity contribution >= 4 is 39.3 Å². The number of carbonyl (C=O) groups is 2. The van der Waals surface area contributed by atoms with Gasteiger partial charge in [0.2, 0.25) is 21.8 Å². The molecule has 9 nitrogen and oxygen atoms in total. The van der Waals surface area contributed by atoms with E-state index < -0.39 is 10.0 Å². The summed E-state index contributed by atoms with van der Waals surface area (Å²) in [5, 5.41) is 2.89. The van der Waals surface area contributed by atoms with Gasteiger partial charge in [-0.05, 0) is 69.0 Å². The first kappa shape index (κ1) is 30.2. The lowest BCUT2D eigenvalue weighted by atomic mass is 9.96. The van der Waals surface area contributed by atoms with Crippen molar-refractivity contribution in [2.45, 2.75) is 68.2 Å². The Morgan fingerprint density at radius 1 is 1.05 bits per heavy atom. The number of nitrogens with zero attached hydrogens (tertiary/aromatic N) is 2. The monoisotopic (exact) mass is 589 g/mol. The third-order valence-corrected chi connectivity index (χ3v) is 10.2. The molecule has 0 unspecified atom stereocenters. The zero-order chi connectivity index (χ0) is 28.7. The van der Waals surface area contributed by atoms with Gasteiger partial charge >= 0.3 is 0 Å². The van der Waals surface area contributed by atoms with Crippen LogP contribution in [0, 0.1) is 0 Å². The number of nitrogens with one attached hydrogen (secondary N) is 1. The molecular formula is C29H39N3O6S2. The summed E-state index contributed by atoms with van der Waals surface area (Å²) in [5.74, 6) is 1.01. The number of sulfonamides is 1. The van der Waals surface area contributed by atoms with Crippen molar-refractivity contribution in [3.63, 3.8) is 0 Å². The van der Waals surface area contributed by atoms with Crippen LogP contribution < -0.4 is 19.7 Å². The molecule has 0 atom stereocenters. The first-order valence-electron chi connectivity index (χ1n) is 13.9. The van der Waals surface area contributed by atoms with E-state index in [2.05, 4.69) is 5.32 Å². The van der Waals surface area contributed by atoms with Gasteiger partial charge in [0.15, 0.2) is 11.5 Å². The van der Waals surface area contributed by atoms with E-state index in [9.17, 15) is 18.0 Å². The average Bonchev–Trinajstić information content (AvgIpc) is 2.96. The fourth-order valence-electron chi connectivity index (χ4n) is 5.12. The molecule has 2 aliphatic rings. The van der Waals surface area contributed by atoms with Crippen LogP contribution in [0.2, 0.25) is 0 Å². The molecule has 1 saturated carbocycles. The summed E-state index contributed by atoms with van der Waals surface area (Å²) in [6.45, 7) is 5.08. The van der Waals surface area contributed by atoms with E-state index in [1.54, 1.807) is 19.2 Å². The second-order valence-electron chi connectivity index (χ2n) is 9.96. The molecule has 2 amide bonds. The summed E-state index contributed by atoms with van der Waals surface area (Å²) in [4.78, 5) is 28.0. The molecule has 0 aromatic heterocycles. The van der Waals surface area contributed by atoms with Crippen molar-refractivity contribution < 1.29 is 27.5 Å². The molecule has 0 radical (unpaired) electrons. The van der Waals surface area contributed by atoms with Crippen LogP contribution in [-0.2, 0) is 26.0 Å². The van der Waals surface area contributed by atoms with Crippen molar-refractivity contribution in [1.82, 2.24) is 9.62 Å². The Morgan fingerprint density at radius 3 is 2.50 bits per heavy atom. The van der Waals surface area contributed by atoms with E-state index in [1.807, 2.05) is 32.0 Å². The predicted octanol–water partition coefficient (Wildman–Crippen LogP) is 4.23. The topological polar surface area (TPSA) is 105 Å². The lowest BCUT2D eigenvalue weighted by Crippen LogP contribution is -2.44. The SMILES string of the molecule is CCOc1ccc(CCNC(=O)CN2C(=O)CSc3ccc(S(=O)(=O)N(C)C4CCCCC4)cc32)cc1OCC. The van der Waals surface area contributed by atoms with Gasteiger partial charge in [-0.2, -0.15) is 4.31 Å². The summed E-state index contributed by atoms with van der Waals surface area (Å²) in [7, 11) is -2.10. The number of fused-ring (bicyclic) bond motifs is 1. The van der Waals surface area contributed by atoms with Crippen LogP contribution in [0.3, 0.4) is 0 Å². The highest BCUT2D eigenvalue weighted by Gasteiger charge is 2.32. The summed E-state index contributed by atoms with van der Waals surface area (Å²) in [6, 6.07) is 10.6. The minimum absolute atomic E-state index is 0.0207. The smallest absolute Gasteiger partial charge is 0.243 e. The maximum absolute atomic E-state index is 13.4. The second-order valence-corrected chi connectivity index (χ2v) is 13.0. The number of hydrogen-bond acceptors (Lipinski definition) is 7. The number of ether oxygens (including phenoxy) is 2. The molecule has 2 aromatic rings. The number of amides is 2. The molecule has 1 aliphatic heterocycles. The Hall–Kier alpha value is -2.76. The number of hydrogen-bond donors (Lipinski definition) is 1. The summed E-state index contributed by atoms with van der Waals surface area (Å²) < 4.78 is 39.7. The van der Waals surface area contributed by atoms with Crippen LogP contribution in [0.1, 0.15) is 51.5 Å². The van der Waals surface area contributed by atoms with Gasteiger partial charge in [-0.3, -0.25) is 9.59 Å². The maximum atomic E-state index is 13.4. The third kappa shape index (κ3) is 7.11. The predicted molar refractivity (Wildman–Crippen MR) is 157 cm³/mol. The molecule has 0 saturated heterocycles. The Kier molecular flexibility index (Phi) is 10.4. The molecule has 218 valence electrons. The van der Waals surface area contributed by atoms with Crippen LogP contribution in [0.15, 0.2) is 46.2 Å². The zero-order valence-electron chi connectivity index (χ0n) is 23.5. The maximum Gasteiger partial charge on any atom is 0.243 e. The molecule has 2 aromatic carbocycles. The van der Waals surface area contributed by atoms with Gasteiger partial charge in [-0.15, -0.1) is 11.8 Å². The Bertz CT molecular complexity index is 1310. The van der Waals surface area contributed by atoms with Gasteiger partial charge in [0, 0.05) is 24.5 Å². The quantitative estimate of drug-likeness (QED) is 0.395. The van der Waals surface area contributed by atoms with Gasteiger partial charge in [-0.1, -0.05) is 25.3 Å². The van der Waals surface area contributed by atoms with E-state index >= 15 is 0 Å². The summed E-state index contributed by atoms with van der Waals surface area (Å²) in [5.41, 5.74) is 1.45. The van der Waals surface area contributed by atoms with Gasteiger partial charge in [0.1, 0.15) is 6.54 Å². The minimum atomic E-state index is -3.73. The molecule has 0 bridgehead atoms. The molecule has 11 heteroatoms. The first-order valence-corrected chi connectivity index (χ1v) is 16.4. The Morgan fingerprint density at radius 2 is 1.77 bits per heavy atom. The van der Waals surface area contributed by atoms with Crippen molar-refractivity contribution in [3.8, 4) is 11.5 Å². The van der Waals surface area contributed by atoms with E-state index in [1.165, 1.54) is 27.0 Å². The second kappa shape index (κ2) is 13.7. The van der Waals surface area contributed by atoms with Crippen molar-refractivity contribution in [3.05, 3.63) is 42.0 Å². The molecule has 0 spiro atoms. The Balaban J connectivity index is 1.42. The summed E-state index contributed by atoms with van der Waals surface area (Å²) >= 11 is 1.35. The van der Waals surface area contributed by atoms with Gasteiger partial charge in [0.25, 0.3) is 0 Å². The van der Waals surface area contributed by atoms with E-state index in [4.69, 9.17) is 9.47 Å². The highest BCUT2D eigenvalue weighted by molar-refractivity contribution is 8.00. The van der Waals surface area contributed by atoms with Gasteiger partial charge < -0.3 is 19.7 Å². The largest absolute Gasteiger partial charge is 0.490 e. The summed E-state index contributed by atoms with van der Waals surface area (Å²) in [6.07, 6.45) is 5.46. The Labute approximate surface area is 241 Å². The lowest BCUT2D eigenvalue weighted by molar-refractivity contribution is -0.122. The minimum Gasteiger partial charge on any atom is -0.490 e. The van der Waals surface area contributed by atoms with Crippen molar-refractivity contribution in [1.29, 1.82) is 0 Å². The third-order valence-electron chi connectivity index (χ3n) is 7.28. The molecular weight excluding hydrogens is 550 g/mol. The molecule has 4 rings (SSSR count). The first-order chi connectivity index (χ1) is 19.2. The van der Waals surface area contributed by atoms with Crippen LogP contribution >= 0.6 is 11.8 Å². The van der Waals surface area contributed by atoms with Gasteiger partial charge in [-0.25, -0.2) is 8.42 Å². The lowest BCUT2D eigenvalue weighted by Gasteiger charge is -2.32. The normalized spacial score (nSPS) is 16.1. The number of thioether (sulfide) groups is 1. The molecule has 1 N–H and O–H groups in total. The van der Waals surface area contributed by atoms with E-state index in [-0.39, 0.29) is 35.0 Å². The standard InChI is InChI=1S/C29H39N3O6S2/c1-4-37-25-13-11-21(17-26(25)38-5-2)15-16-30-28(33)19-32-24-18-23(12-14-27(24)39-20-29(32)34)40(35,36)31(3)22-9-7-6-8-10-22/h11-14,17-18,22H,4-10,15-16,19-20H2,1-3H3,(H,30,33). The van der Waals surface area contributed by atoms with E-state index in [0.29, 0.717) is 43.4 Å². The zero-order valence-corrected chi connectivity index (χ0v) is 25.1. The molecule has 40 heavy (non-hydrogen) atoms. The van der Waals surface area contributed by atoms with Crippen LogP contribution in [0.25, 0.3) is 0 Å². The molecule has 1 fully saturated rings. The van der Waals surface area contributed by atoms with Crippen LogP contribution in [-0.4, -0.2) is 69.7 Å². The fourth-order valence-corrected chi connectivity index (χ4v) is 7.47. The molecule has 1 heterocycles.